The van der Waals surface area contributed by atoms with Crippen LogP contribution in [0.5, 0.6) is 0 Å². The summed E-state index contributed by atoms with van der Waals surface area (Å²) in [7, 11) is 0. The molecule has 20 heavy (non-hydrogen) atoms. The van der Waals surface area contributed by atoms with Crippen LogP contribution in [0.15, 0.2) is 21.4 Å². The highest BCUT2D eigenvalue weighted by atomic mass is 79.9. The van der Waals surface area contributed by atoms with Gasteiger partial charge in [0, 0.05) is 0 Å². The lowest BCUT2D eigenvalue weighted by Crippen LogP contribution is -2.62. The summed E-state index contributed by atoms with van der Waals surface area (Å²) in [4.78, 5) is 32.9. The van der Waals surface area contributed by atoms with Crippen molar-refractivity contribution in [2.45, 2.75) is 18.6 Å². The predicted octanol–water partition coefficient (Wildman–Crippen LogP) is 0.131. The Kier molecular flexibility index (Phi) is 4.14. The third-order valence-electron chi connectivity index (χ3n) is 2.88. The maximum Gasteiger partial charge on any atom is 0.263 e. The predicted molar refractivity (Wildman–Crippen MR) is 81.3 cm³/mol. The Labute approximate surface area is 127 Å². The number of hydrazine groups is 1. The first-order valence-corrected chi connectivity index (χ1v) is 7.24. The number of hydrogen-bond acceptors (Lipinski definition) is 7. The Balaban J connectivity index is 2.46. The number of carbonyl (C=O) groups is 2. The summed E-state index contributed by atoms with van der Waals surface area (Å²) in [6.45, 7) is 1.79. The molecular formula is C11H12BrN5O2S. The van der Waals surface area contributed by atoms with Crippen molar-refractivity contribution in [1.29, 1.82) is 0 Å². The van der Waals surface area contributed by atoms with Gasteiger partial charge in [0.15, 0.2) is 6.04 Å². The standard InChI is InChI=1S/C11H12BrN5O2S/c1-5-2-3-20-7(5)9(18)11(13)8(10(19)17-14)16-6(12)4-15-11/h2-4,8H,13-14H2,1H3,(H,17,19). The van der Waals surface area contributed by atoms with Crippen molar-refractivity contribution in [2.24, 2.45) is 21.6 Å². The number of amides is 1. The first kappa shape index (κ1) is 15.0. The fraction of sp³-hybridized carbons (Fsp3) is 0.273. The number of aliphatic imine (C=N–C) groups is 2. The normalized spacial score (nSPS) is 25.2. The SMILES string of the molecule is Cc1ccsc1C(=O)C1(N)N=CC(Br)=NC1C(=O)NN. The van der Waals surface area contributed by atoms with Crippen molar-refractivity contribution in [3.63, 3.8) is 0 Å². The smallest absolute Gasteiger partial charge is 0.263 e. The molecule has 1 aliphatic heterocycles. The summed E-state index contributed by atoms with van der Waals surface area (Å²) in [6.07, 6.45) is 1.31. The number of nitrogens with zero attached hydrogens (tertiary/aromatic N) is 2. The summed E-state index contributed by atoms with van der Waals surface area (Å²) in [5.41, 5.74) is 7.00. The number of nitrogens with one attached hydrogen (secondary N) is 1. The Hall–Kier alpha value is -1.42. The van der Waals surface area contributed by atoms with Crippen LogP contribution in [0.4, 0.5) is 0 Å². The minimum atomic E-state index is -1.80. The number of thiophene rings is 1. The van der Waals surface area contributed by atoms with Gasteiger partial charge in [-0.3, -0.25) is 30.7 Å². The van der Waals surface area contributed by atoms with Gasteiger partial charge in [0.1, 0.15) is 4.62 Å². The van der Waals surface area contributed by atoms with Crippen LogP contribution in [-0.2, 0) is 4.79 Å². The lowest BCUT2D eigenvalue weighted by molar-refractivity contribution is -0.123. The van der Waals surface area contributed by atoms with E-state index in [9.17, 15) is 9.59 Å². The maximum atomic E-state index is 12.6. The first-order valence-electron chi connectivity index (χ1n) is 5.57. The zero-order valence-electron chi connectivity index (χ0n) is 10.5. The molecule has 0 fully saturated rings. The maximum absolute atomic E-state index is 12.6. The molecule has 1 amide bonds. The molecule has 7 nitrogen and oxygen atoms in total. The molecule has 2 heterocycles. The molecule has 0 radical (unpaired) electrons. The number of nitrogens with two attached hydrogens (primary N) is 2. The topological polar surface area (TPSA) is 123 Å². The van der Waals surface area contributed by atoms with E-state index in [4.69, 9.17) is 11.6 Å². The fourth-order valence-electron chi connectivity index (χ4n) is 1.79. The van der Waals surface area contributed by atoms with E-state index in [1.54, 1.807) is 18.4 Å². The minimum absolute atomic E-state index is 0.322. The van der Waals surface area contributed by atoms with E-state index in [0.717, 1.165) is 5.56 Å². The van der Waals surface area contributed by atoms with Gasteiger partial charge in [-0.2, -0.15) is 0 Å². The van der Waals surface area contributed by atoms with Crippen molar-refractivity contribution in [3.8, 4) is 0 Å². The second-order valence-electron chi connectivity index (χ2n) is 4.21. The Bertz CT molecular complexity index is 626. The van der Waals surface area contributed by atoms with E-state index in [1.807, 2.05) is 5.43 Å². The average Bonchev–Trinajstić information content (AvgIpc) is 2.86. The Morgan fingerprint density at radius 3 is 2.80 bits per heavy atom. The van der Waals surface area contributed by atoms with Crippen LogP contribution in [0, 0.1) is 6.92 Å². The van der Waals surface area contributed by atoms with E-state index < -0.39 is 23.4 Å². The molecule has 2 atom stereocenters. The number of ketones is 1. The van der Waals surface area contributed by atoms with E-state index in [0.29, 0.717) is 9.50 Å². The molecule has 106 valence electrons. The van der Waals surface area contributed by atoms with E-state index >= 15 is 0 Å². The van der Waals surface area contributed by atoms with Crippen LogP contribution < -0.4 is 17.0 Å². The molecule has 1 aromatic rings. The van der Waals surface area contributed by atoms with Crippen molar-refractivity contribution < 1.29 is 9.59 Å². The monoisotopic (exact) mass is 357 g/mol. The molecule has 0 aromatic carbocycles. The third-order valence-corrected chi connectivity index (χ3v) is 4.30. The number of aryl methyl sites for hydroxylation is 1. The molecule has 5 N–H and O–H groups in total. The lowest BCUT2D eigenvalue weighted by atomic mass is 9.93. The van der Waals surface area contributed by atoms with E-state index in [2.05, 4.69) is 25.9 Å². The number of carbonyl (C=O) groups excluding carboxylic acids is 2. The molecule has 0 saturated heterocycles. The second-order valence-corrected chi connectivity index (χ2v) is 5.94. The zero-order valence-corrected chi connectivity index (χ0v) is 12.9. The number of Topliss-reactive ketones (excluding diaryl/α,β-unsaturated/α-hetero) is 1. The van der Waals surface area contributed by atoms with Crippen molar-refractivity contribution in [3.05, 3.63) is 21.9 Å². The van der Waals surface area contributed by atoms with Crippen LogP contribution in [0.3, 0.4) is 0 Å². The average molecular weight is 358 g/mol. The van der Waals surface area contributed by atoms with Crippen molar-refractivity contribution >= 4 is 49.8 Å². The van der Waals surface area contributed by atoms with Crippen LogP contribution in [0.2, 0.25) is 0 Å². The molecule has 0 saturated carbocycles. The first-order chi connectivity index (χ1) is 9.40. The van der Waals surface area contributed by atoms with Crippen LogP contribution >= 0.6 is 27.3 Å². The van der Waals surface area contributed by atoms with Gasteiger partial charge >= 0.3 is 0 Å². The third kappa shape index (κ3) is 2.44. The highest BCUT2D eigenvalue weighted by Crippen LogP contribution is 2.27. The van der Waals surface area contributed by atoms with Crippen LogP contribution in [0.25, 0.3) is 0 Å². The van der Waals surface area contributed by atoms with Gasteiger partial charge in [-0.15, -0.1) is 11.3 Å². The van der Waals surface area contributed by atoms with E-state index in [1.165, 1.54) is 17.6 Å². The summed E-state index contributed by atoms with van der Waals surface area (Å²) >= 11 is 4.35. The van der Waals surface area contributed by atoms with Crippen LogP contribution in [-0.4, -0.2) is 34.2 Å². The summed E-state index contributed by atoms with van der Waals surface area (Å²) in [5, 5.41) is 1.77. The van der Waals surface area contributed by atoms with Gasteiger partial charge in [-0.25, -0.2) is 5.84 Å². The molecule has 2 rings (SSSR count). The van der Waals surface area contributed by atoms with Gasteiger partial charge in [-0.05, 0) is 39.9 Å². The highest BCUT2D eigenvalue weighted by Gasteiger charge is 2.48. The molecule has 9 heteroatoms. The second kappa shape index (κ2) is 5.52. The molecule has 0 bridgehead atoms. The summed E-state index contributed by atoms with van der Waals surface area (Å²) in [5.74, 6) is 3.98. The highest BCUT2D eigenvalue weighted by molar-refractivity contribution is 9.19. The molecule has 1 aliphatic rings. The van der Waals surface area contributed by atoms with Gasteiger partial charge in [0.05, 0.1) is 11.1 Å². The minimum Gasteiger partial charge on any atom is -0.298 e. The zero-order chi connectivity index (χ0) is 14.9. The van der Waals surface area contributed by atoms with Crippen molar-refractivity contribution in [1.82, 2.24) is 5.43 Å². The molecule has 1 aromatic heterocycles. The number of rotatable bonds is 3. The van der Waals surface area contributed by atoms with Crippen LogP contribution in [0.1, 0.15) is 15.2 Å². The van der Waals surface area contributed by atoms with Crippen molar-refractivity contribution in [2.75, 3.05) is 0 Å². The van der Waals surface area contributed by atoms with Gasteiger partial charge < -0.3 is 0 Å². The summed E-state index contributed by atoms with van der Waals surface area (Å²) < 4.78 is 0.322. The number of hydrogen-bond donors (Lipinski definition) is 3. The quantitative estimate of drug-likeness (QED) is 0.308. The van der Waals surface area contributed by atoms with Gasteiger partial charge in [0.2, 0.25) is 11.4 Å². The molecular weight excluding hydrogens is 346 g/mol. The van der Waals surface area contributed by atoms with E-state index in [-0.39, 0.29) is 0 Å². The number of halogens is 1. The Morgan fingerprint density at radius 1 is 1.55 bits per heavy atom. The Morgan fingerprint density at radius 2 is 2.25 bits per heavy atom. The van der Waals surface area contributed by atoms with Gasteiger partial charge in [0.25, 0.3) is 5.91 Å². The van der Waals surface area contributed by atoms with Gasteiger partial charge in [-0.1, -0.05) is 0 Å². The summed E-state index contributed by atoms with van der Waals surface area (Å²) in [6, 6.07) is 0.575. The fourth-order valence-corrected chi connectivity index (χ4v) is 3.03. The molecule has 0 aliphatic carbocycles. The largest absolute Gasteiger partial charge is 0.298 e. The lowest BCUT2D eigenvalue weighted by Gasteiger charge is -2.30. The molecule has 0 spiro atoms. The molecule has 2 unspecified atom stereocenters.